The van der Waals surface area contributed by atoms with Gasteiger partial charge in [-0.3, -0.25) is 14.2 Å². The van der Waals surface area contributed by atoms with Crippen LogP contribution in [0.3, 0.4) is 0 Å². The first kappa shape index (κ1) is 39.1. The van der Waals surface area contributed by atoms with Crippen LogP contribution < -0.4 is 15.9 Å². The number of aromatic hydroxyl groups is 1. The zero-order chi connectivity index (χ0) is 37.6. The Morgan fingerprint density at radius 2 is 1.37 bits per heavy atom. The molecule has 0 unspecified atom stereocenters. The van der Waals surface area contributed by atoms with Gasteiger partial charge in [0.1, 0.15) is 45.6 Å². The first-order valence-corrected chi connectivity index (χ1v) is 26.0. The molecule has 4 heterocycles. The van der Waals surface area contributed by atoms with E-state index in [0.29, 0.717) is 40.8 Å². The number of H-pyrrole nitrogens is 1. The van der Waals surface area contributed by atoms with Gasteiger partial charge in [-0.25, -0.2) is 19.9 Å². The van der Waals surface area contributed by atoms with Crippen molar-refractivity contribution in [3.8, 4) is 32.6 Å². The summed E-state index contributed by atoms with van der Waals surface area (Å²) in [6, 6.07) is 9.12. The van der Waals surface area contributed by atoms with Crippen molar-refractivity contribution < 1.29 is 19.3 Å². The number of nitrogens with one attached hydrogen (secondary N) is 1. The number of phenols is 1. The Bertz CT molecular complexity index is 2270. The van der Waals surface area contributed by atoms with Gasteiger partial charge in [-0.15, -0.1) is 22.7 Å². The van der Waals surface area contributed by atoms with E-state index in [1.54, 1.807) is 29.7 Å². The molecule has 0 aliphatic heterocycles. The van der Waals surface area contributed by atoms with Crippen molar-refractivity contribution >= 4 is 60.6 Å². The molecule has 6 rings (SSSR count). The summed E-state index contributed by atoms with van der Waals surface area (Å²) in [5, 5.41) is 12.4. The van der Waals surface area contributed by atoms with Crippen LogP contribution in [0.5, 0.6) is 11.5 Å². The summed E-state index contributed by atoms with van der Waals surface area (Å²) in [4.78, 5) is 46.9. The monoisotopic (exact) mass is 778 g/mol. The minimum atomic E-state index is -1.19. The third kappa shape index (κ3) is 10.5. The summed E-state index contributed by atoms with van der Waals surface area (Å²) in [6.07, 6.45) is 6.40. The predicted octanol–water partition coefficient (Wildman–Crippen LogP) is 7.89. The molecule has 0 aliphatic rings. The Hall–Kier alpha value is -4.07. The van der Waals surface area contributed by atoms with Gasteiger partial charge in [-0.05, 0) is 50.2 Å². The van der Waals surface area contributed by atoms with Crippen LogP contribution in [0, 0.1) is 13.8 Å². The van der Waals surface area contributed by atoms with Crippen molar-refractivity contribution in [2.75, 3.05) is 20.0 Å². The van der Waals surface area contributed by atoms with Gasteiger partial charge in [0.25, 0.3) is 11.1 Å². The summed E-state index contributed by atoms with van der Waals surface area (Å²) in [5.74, 6) is 0.513. The van der Waals surface area contributed by atoms with Gasteiger partial charge in [0.2, 0.25) is 0 Å². The number of fused-ring (bicyclic) bond motifs is 2. The predicted molar refractivity (Wildman–Crippen MR) is 215 cm³/mol. The van der Waals surface area contributed by atoms with E-state index < -0.39 is 16.1 Å². The highest BCUT2D eigenvalue weighted by atomic mass is 32.1. The van der Waals surface area contributed by atoms with Gasteiger partial charge in [0, 0.05) is 62.6 Å². The van der Waals surface area contributed by atoms with Crippen LogP contribution in [0.15, 0.2) is 58.9 Å². The summed E-state index contributed by atoms with van der Waals surface area (Å²) < 4.78 is 19.0. The van der Waals surface area contributed by atoms with E-state index in [-0.39, 0.29) is 30.4 Å². The number of aryl methyl sites for hydroxylation is 2. The lowest BCUT2D eigenvalue weighted by molar-refractivity contribution is 0.0228. The van der Waals surface area contributed by atoms with Crippen molar-refractivity contribution in [1.29, 1.82) is 0 Å². The second-order valence-electron chi connectivity index (χ2n) is 14.9. The Kier molecular flexibility index (Phi) is 12.6. The fraction of sp³-hybridized carbons (Fsp3) is 0.389. The van der Waals surface area contributed by atoms with Crippen LogP contribution in [0.25, 0.3) is 42.9 Å². The van der Waals surface area contributed by atoms with Crippen molar-refractivity contribution in [3.63, 3.8) is 0 Å². The summed E-state index contributed by atoms with van der Waals surface area (Å²) in [7, 11) is -2.37. The zero-order valence-electron chi connectivity index (χ0n) is 30.9. The number of hydrogen-bond acceptors (Lipinski definition) is 12. The third-order valence-corrected chi connectivity index (χ3v) is 13.2. The Balaban J connectivity index is 0.000000242. The van der Waals surface area contributed by atoms with Crippen molar-refractivity contribution in [1.82, 2.24) is 29.5 Å². The zero-order valence-corrected chi connectivity index (χ0v) is 34.5. The Labute approximate surface area is 312 Å². The van der Waals surface area contributed by atoms with Crippen molar-refractivity contribution in [2.24, 2.45) is 0 Å². The molecule has 0 bridgehead atoms. The molecule has 0 atom stereocenters. The maximum Gasteiger partial charge on any atom is 0.263 e. The van der Waals surface area contributed by atoms with Crippen LogP contribution in [-0.2, 0) is 16.2 Å². The number of benzene rings is 2. The van der Waals surface area contributed by atoms with E-state index in [4.69, 9.17) is 14.2 Å². The van der Waals surface area contributed by atoms with Crippen molar-refractivity contribution in [3.05, 3.63) is 79.8 Å². The SMILES string of the molecule is Cc1cnc(-c2cc(O)c3nc[nH]c(=O)c3c2)s1.Cc1cnc(-c2cc(OCOCC[Si](C)(C)C)c3ncn(COCC[Si](C)(C)C)c(=O)c3c2)s1. The minimum absolute atomic E-state index is 0.0125. The van der Waals surface area contributed by atoms with Gasteiger partial charge in [0.05, 0.1) is 17.1 Å². The molecule has 0 fully saturated rings. The fourth-order valence-corrected chi connectivity index (χ4v) is 7.93. The summed E-state index contributed by atoms with van der Waals surface area (Å²) in [5.41, 5.74) is 1.95. The second kappa shape index (κ2) is 16.7. The second-order valence-corrected chi connectivity index (χ2v) is 28.6. The molecule has 52 heavy (non-hydrogen) atoms. The molecule has 0 saturated heterocycles. The van der Waals surface area contributed by atoms with Crippen LogP contribution in [0.2, 0.25) is 51.4 Å². The number of phenolic OH excluding ortho intramolecular Hbond substituents is 1. The van der Waals surface area contributed by atoms with Gasteiger partial charge in [0.15, 0.2) is 6.79 Å². The Morgan fingerprint density at radius 1 is 0.769 bits per heavy atom. The van der Waals surface area contributed by atoms with E-state index in [1.807, 2.05) is 32.2 Å². The molecule has 12 nitrogen and oxygen atoms in total. The largest absolute Gasteiger partial charge is 0.506 e. The van der Waals surface area contributed by atoms with Gasteiger partial charge < -0.3 is 24.3 Å². The minimum Gasteiger partial charge on any atom is -0.506 e. The lowest BCUT2D eigenvalue weighted by Crippen LogP contribution is -2.25. The first-order valence-electron chi connectivity index (χ1n) is 17.0. The molecule has 0 radical (unpaired) electrons. The molecule has 2 aromatic carbocycles. The molecule has 0 saturated carbocycles. The normalized spacial score (nSPS) is 11.9. The van der Waals surface area contributed by atoms with Crippen LogP contribution in [0.4, 0.5) is 0 Å². The number of aromatic amines is 1. The highest BCUT2D eigenvalue weighted by Crippen LogP contribution is 2.33. The van der Waals surface area contributed by atoms with E-state index in [1.165, 1.54) is 28.6 Å². The average molecular weight is 779 g/mol. The van der Waals surface area contributed by atoms with E-state index >= 15 is 0 Å². The van der Waals surface area contributed by atoms with E-state index in [0.717, 1.165) is 43.0 Å². The van der Waals surface area contributed by atoms with Crippen LogP contribution >= 0.6 is 22.7 Å². The number of ether oxygens (including phenoxy) is 3. The first-order chi connectivity index (χ1) is 24.6. The summed E-state index contributed by atoms with van der Waals surface area (Å²) in [6.45, 7) is 19.4. The quantitative estimate of drug-likeness (QED) is 0.0672. The van der Waals surface area contributed by atoms with Gasteiger partial charge in [-0.2, -0.15) is 0 Å². The topological polar surface area (TPSA) is 154 Å². The highest BCUT2D eigenvalue weighted by Gasteiger charge is 2.17. The molecule has 4 aromatic heterocycles. The number of hydrogen-bond donors (Lipinski definition) is 2. The van der Waals surface area contributed by atoms with Crippen LogP contribution in [-0.4, -0.2) is 70.7 Å². The van der Waals surface area contributed by atoms with Crippen molar-refractivity contribution in [2.45, 2.75) is 71.9 Å². The third-order valence-electron chi connectivity index (χ3n) is 7.87. The van der Waals surface area contributed by atoms with Gasteiger partial charge in [-0.1, -0.05) is 39.3 Å². The average Bonchev–Trinajstić information content (AvgIpc) is 3.71. The molecule has 0 spiro atoms. The van der Waals surface area contributed by atoms with Gasteiger partial charge >= 0.3 is 0 Å². The highest BCUT2D eigenvalue weighted by molar-refractivity contribution is 7.15. The Morgan fingerprint density at radius 3 is 1.96 bits per heavy atom. The number of rotatable bonds is 13. The molecular weight excluding hydrogens is 733 g/mol. The van der Waals surface area contributed by atoms with E-state index in [9.17, 15) is 14.7 Å². The molecule has 0 amide bonds. The lowest BCUT2D eigenvalue weighted by atomic mass is 10.1. The summed E-state index contributed by atoms with van der Waals surface area (Å²) >= 11 is 3.09. The van der Waals surface area contributed by atoms with E-state index in [2.05, 4.69) is 64.2 Å². The smallest absolute Gasteiger partial charge is 0.263 e. The maximum absolute atomic E-state index is 13.3. The number of aromatic nitrogens is 6. The molecule has 0 aliphatic carbocycles. The molecule has 6 aromatic rings. The molecular formula is C36H46N6O6S2Si2. The lowest BCUT2D eigenvalue weighted by Gasteiger charge is -2.17. The number of thiazole rings is 2. The van der Waals surface area contributed by atoms with Crippen LogP contribution in [0.1, 0.15) is 9.75 Å². The number of nitrogens with zero attached hydrogens (tertiary/aromatic N) is 5. The standard InChI is InChI=1S/C24H37N3O4SSi2.C12H9N3O2S/c1-18-14-25-23(32-18)19-12-20-22(21(13-19)31-17-30-9-11-34(5,6)7)26-15-27(24(20)28)16-29-8-10-33(2,3)4;1-6-4-13-12(18-6)7-2-8-10(9(16)3-7)14-5-15-11(8)17/h12-15H,8-11,16-17H2,1-7H3;2-5,16H,1H3,(H,14,15,17). The molecule has 276 valence electrons. The maximum atomic E-state index is 13.3. The molecule has 2 N–H and O–H groups in total. The fourth-order valence-electron chi connectivity index (χ4n) is 4.91. The molecule has 16 heteroatoms.